The summed E-state index contributed by atoms with van der Waals surface area (Å²) in [5.41, 5.74) is 6.77. The third-order valence-corrected chi connectivity index (χ3v) is 6.85. The summed E-state index contributed by atoms with van der Waals surface area (Å²) >= 11 is 0. The summed E-state index contributed by atoms with van der Waals surface area (Å²) in [5.74, 6) is -0.00900. The molecule has 2 amide bonds. The van der Waals surface area contributed by atoms with Crippen LogP contribution in [0.1, 0.15) is 52.3 Å². The van der Waals surface area contributed by atoms with Crippen LogP contribution in [0.2, 0.25) is 0 Å². The third-order valence-electron chi connectivity index (χ3n) is 6.85. The first-order chi connectivity index (χ1) is 17.6. The topological polar surface area (TPSA) is 83.0 Å². The molecule has 2 aromatic heterocycles. The van der Waals surface area contributed by atoms with Gasteiger partial charge in [-0.25, -0.2) is 0 Å². The fourth-order valence-corrected chi connectivity index (χ4v) is 4.73. The van der Waals surface area contributed by atoms with E-state index in [2.05, 4.69) is 55.2 Å². The van der Waals surface area contributed by atoms with Gasteiger partial charge in [0.1, 0.15) is 11.7 Å². The Labute approximate surface area is 218 Å². The van der Waals surface area contributed by atoms with E-state index in [9.17, 15) is 9.59 Å². The van der Waals surface area contributed by atoms with Crippen molar-refractivity contribution in [3.8, 4) is 0 Å². The second-order valence-corrected chi connectivity index (χ2v) is 10.4. The Hall–Kier alpha value is -3.87. The van der Waals surface area contributed by atoms with Crippen LogP contribution in [0.5, 0.6) is 0 Å². The Bertz CT molecular complexity index is 1410. The van der Waals surface area contributed by atoms with Crippen LogP contribution >= 0.6 is 0 Å². The van der Waals surface area contributed by atoms with Crippen molar-refractivity contribution < 1.29 is 9.59 Å². The molecule has 7 nitrogen and oxygen atoms in total. The molecule has 2 heterocycles. The van der Waals surface area contributed by atoms with Gasteiger partial charge in [-0.15, -0.1) is 0 Å². The molecule has 2 aromatic carbocycles. The molecule has 1 unspecified atom stereocenters. The Morgan fingerprint density at radius 3 is 2.54 bits per heavy atom. The minimum atomic E-state index is -0.730. The average molecular weight is 500 g/mol. The van der Waals surface area contributed by atoms with Gasteiger partial charge in [-0.05, 0) is 60.6 Å². The lowest BCUT2D eigenvalue weighted by Gasteiger charge is -2.25. The number of rotatable bonds is 9. The fourth-order valence-electron chi connectivity index (χ4n) is 4.73. The molecular formula is C30H37N5O2. The smallest absolute Gasteiger partial charge is 0.270 e. The van der Waals surface area contributed by atoms with E-state index in [1.54, 1.807) is 23.7 Å². The Kier molecular flexibility index (Phi) is 7.81. The number of para-hydroxylation sites is 1. The summed E-state index contributed by atoms with van der Waals surface area (Å²) < 4.78 is 1.60. The first-order valence-corrected chi connectivity index (χ1v) is 12.8. The lowest BCUT2D eigenvalue weighted by atomic mass is 10.0. The van der Waals surface area contributed by atoms with Gasteiger partial charge in [-0.2, -0.15) is 5.10 Å². The van der Waals surface area contributed by atoms with Crippen molar-refractivity contribution in [2.24, 2.45) is 13.0 Å². The monoisotopic (exact) mass is 499 g/mol. The zero-order valence-corrected chi connectivity index (χ0v) is 22.6. The van der Waals surface area contributed by atoms with Crippen LogP contribution < -0.4 is 5.32 Å². The normalized spacial score (nSPS) is 12.2. The van der Waals surface area contributed by atoms with Gasteiger partial charge in [-0.1, -0.05) is 50.2 Å². The zero-order chi connectivity index (χ0) is 26.7. The SMILES string of the molecule is Cc1ccc(CN(C)C(=O)C(Cc2c[nH]c3ccccc23)NC(=O)c2cc(CC(C)C)nn2C)cc1C. The predicted molar refractivity (Wildman–Crippen MR) is 147 cm³/mol. The molecule has 0 saturated carbocycles. The fraction of sp³-hybridized carbons (Fsp3) is 0.367. The van der Waals surface area contributed by atoms with Gasteiger partial charge >= 0.3 is 0 Å². The number of likely N-dealkylation sites (N-methyl/N-ethyl adjacent to an activating group) is 1. The van der Waals surface area contributed by atoms with E-state index in [0.29, 0.717) is 24.6 Å². The molecule has 0 bridgehead atoms. The van der Waals surface area contributed by atoms with Gasteiger partial charge in [0.25, 0.3) is 5.91 Å². The van der Waals surface area contributed by atoms with E-state index < -0.39 is 6.04 Å². The molecule has 37 heavy (non-hydrogen) atoms. The molecule has 0 aliphatic carbocycles. The van der Waals surface area contributed by atoms with E-state index in [4.69, 9.17) is 0 Å². The summed E-state index contributed by atoms with van der Waals surface area (Å²) in [4.78, 5) is 32.1. The third kappa shape index (κ3) is 6.10. The van der Waals surface area contributed by atoms with Crippen LogP contribution in [0, 0.1) is 19.8 Å². The number of carbonyl (C=O) groups is 2. The molecule has 0 fully saturated rings. The maximum Gasteiger partial charge on any atom is 0.270 e. The number of nitrogens with zero attached hydrogens (tertiary/aromatic N) is 3. The molecule has 0 aliphatic rings. The largest absolute Gasteiger partial charge is 0.361 e. The number of amides is 2. The Morgan fingerprint density at radius 2 is 1.81 bits per heavy atom. The molecule has 0 spiro atoms. The van der Waals surface area contributed by atoms with Crippen LogP contribution in [0.25, 0.3) is 10.9 Å². The standard InChI is InChI=1S/C30H37N5O2/c1-19(2)13-24-16-28(35(6)33-24)29(36)32-27(15-23-17-31-26-10-8-7-9-25(23)26)30(37)34(5)18-22-12-11-20(3)21(4)14-22/h7-12,14,16-17,19,27,31H,13,15,18H2,1-6H3,(H,32,36). The highest BCUT2D eigenvalue weighted by molar-refractivity contribution is 5.97. The van der Waals surface area contributed by atoms with Crippen LogP contribution in [0.3, 0.4) is 0 Å². The van der Waals surface area contributed by atoms with Crippen LogP contribution in [-0.4, -0.2) is 44.6 Å². The second kappa shape index (κ2) is 11.0. The molecule has 1 atom stereocenters. The molecular weight excluding hydrogens is 462 g/mol. The minimum absolute atomic E-state index is 0.138. The van der Waals surface area contributed by atoms with Crippen LogP contribution in [0.4, 0.5) is 0 Å². The maximum atomic E-state index is 13.7. The number of hydrogen-bond donors (Lipinski definition) is 2. The van der Waals surface area contributed by atoms with Gasteiger partial charge in [0.15, 0.2) is 0 Å². The molecule has 4 rings (SSSR count). The number of fused-ring (bicyclic) bond motifs is 1. The first kappa shape index (κ1) is 26.2. The van der Waals surface area contributed by atoms with E-state index in [1.165, 1.54) is 11.1 Å². The molecule has 4 aromatic rings. The summed E-state index contributed by atoms with van der Waals surface area (Å²) in [6.07, 6.45) is 3.09. The van der Waals surface area contributed by atoms with E-state index in [1.807, 2.05) is 42.6 Å². The number of aromatic nitrogens is 3. The Balaban J connectivity index is 1.59. The highest BCUT2D eigenvalue weighted by Crippen LogP contribution is 2.20. The van der Waals surface area contributed by atoms with Gasteiger partial charge in [0.2, 0.25) is 5.91 Å². The molecule has 7 heteroatoms. The number of carbonyl (C=O) groups excluding carboxylic acids is 2. The summed E-state index contributed by atoms with van der Waals surface area (Å²) in [5, 5.41) is 8.58. The van der Waals surface area contributed by atoms with Crippen molar-refractivity contribution >= 4 is 22.7 Å². The number of H-pyrrole nitrogens is 1. The van der Waals surface area contributed by atoms with E-state index in [-0.39, 0.29) is 11.8 Å². The van der Waals surface area contributed by atoms with Crippen molar-refractivity contribution in [2.45, 2.75) is 53.1 Å². The first-order valence-electron chi connectivity index (χ1n) is 12.8. The van der Waals surface area contributed by atoms with Gasteiger partial charge in [-0.3, -0.25) is 14.3 Å². The zero-order valence-electron chi connectivity index (χ0n) is 22.6. The van der Waals surface area contributed by atoms with Crippen LogP contribution in [0.15, 0.2) is 54.7 Å². The lowest BCUT2D eigenvalue weighted by Crippen LogP contribution is -2.48. The molecule has 194 valence electrons. The maximum absolute atomic E-state index is 13.7. The molecule has 0 radical (unpaired) electrons. The summed E-state index contributed by atoms with van der Waals surface area (Å²) in [6, 6.07) is 15.3. The predicted octanol–water partition coefficient (Wildman–Crippen LogP) is 4.72. The summed E-state index contributed by atoms with van der Waals surface area (Å²) in [7, 11) is 3.55. The van der Waals surface area contributed by atoms with Crippen molar-refractivity contribution in [1.29, 1.82) is 0 Å². The number of nitrogens with one attached hydrogen (secondary N) is 2. The highest BCUT2D eigenvalue weighted by atomic mass is 16.2. The van der Waals surface area contributed by atoms with E-state index >= 15 is 0 Å². The van der Waals surface area contributed by atoms with Gasteiger partial charge in [0, 0.05) is 44.2 Å². The number of aryl methyl sites for hydroxylation is 3. The van der Waals surface area contributed by atoms with Crippen LogP contribution in [-0.2, 0) is 31.2 Å². The van der Waals surface area contributed by atoms with Crippen molar-refractivity contribution in [1.82, 2.24) is 25.0 Å². The second-order valence-electron chi connectivity index (χ2n) is 10.4. The Morgan fingerprint density at radius 1 is 1.05 bits per heavy atom. The molecule has 0 aliphatic heterocycles. The number of benzene rings is 2. The average Bonchev–Trinajstić information content (AvgIpc) is 3.43. The van der Waals surface area contributed by atoms with Crippen molar-refractivity contribution in [3.63, 3.8) is 0 Å². The molecule has 0 saturated heterocycles. The lowest BCUT2D eigenvalue weighted by molar-refractivity contribution is -0.132. The number of hydrogen-bond acceptors (Lipinski definition) is 3. The minimum Gasteiger partial charge on any atom is -0.361 e. The molecule has 2 N–H and O–H groups in total. The van der Waals surface area contributed by atoms with Gasteiger partial charge in [0.05, 0.1) is 5.69 Å². The number of aromatic amines is 1. The summed E-state index contributed by atoms with van der Waals surface area (Å²) in [6.45, 7) is 8.85. The van der Waals surface area contributed by atoms with Gasteiger partial charge < -0.3 is 15.2 Å². The highest BCUT2D eigenvalue weighted by Gasteiger charge is 2.27. The quantitative estimate of drug-likeness (QED) is 0.350. The van der Waals surface area contributed by atoms with E-state index in [0.717, 1.165) is 34.1 Å². The van der Waals surface area contributed by atoms with Crippen molar-refractivity contribution in [3.05, 3.63) is 88.4 Å². The van der Waals surface area contributed by atoms with Crippen molar-refractivity contribution in [2.75, 3.05) is 7.05 Å².